The number of hydrogen-bond donors (Lipinski definition) is 2. The van der Waals surface area contributed by atoms with Crippen LogP contribution in [0.4, 0.5) is 5.69 Å². The standard InChI is InChI=1S/C21H17N3O4/c1-24-15-9-5-4-8-13(15)19(25)17(21(24)27)18-14(20(26)23-22-18)11-12-7-3-6-10-16(12)28-2/h3-11,22H,1-2H3,(H,23,26)/b14-11-,18-17-. The first kappa shape index (κ1) is 17.5. The highest BCUT2D eigenvalue weighted by Crippen LogP contribution is 2.28. The molecule has 1 amide bonds. The first-order chi connectivity index (χ1) is 13.5. The Morgan fingerprint density at radius 3 is 2.46 bits per heavy atom. The minimum atomic E-state index is -0.478. The molecule has 28 heavy (non-hydrogen) atoms. The summed E-state index contributed by atoms with van der Waals surface area (Å²) in [5.74, 6) is -0.333. The van der Waals surface area contributed by atoms with Gasteiger partial charge in [-0.15, -0.1) is 0 Å². The minimum Gasteiger partial charge on any atom is -0.496 e. The SMILES string of the molecule is COc1ccccc1/C=c1\c(=O)[nH][nH]\c1=C1\C(=O)c2ccccc2N(C)C1=O. The molecule has 7 heteroatoms. The van der Waals surface area contributed by atoms with Gasteiger partial charge in [0.05, 0.1) is 23.4 Å². The van der Waals surface area contributed by atoms with Gasteiger partial charge in [-0.3, -0.25) is 24.6 Å². The number of H-pyrrole nitrogens is 2. The van der Waals surface area contributed by atoms with Gasteiger partial charge in [0, 0.05) is 18.2 Å². The van der Waals surface area contributed by atoms with Gasteiger partial charge in [-0.1, -0.05) is 30.3 Å². The number of ketones is 1. The van der Waals surface area contributed by atoms with Gasteiger partial charge in [-0.05, 0) is 24.3 Å². The molecular weight excluding hydrogens is 358 g/mol. The molecule has 7 nitrogen and oxygen atoms in total. The van der Waals surface area contributed by atoms with Crippen LogP contribution >= 0.6 is 0 Å². The van der Waals surface area contributed by atoms with Gasteiger partial charge in [-0.2, -0.15) is 0 Å². The van der Waals surface area contributed by atoms with Crippen LogP contribution < -0.4 is 25.8 Å². The van der Waals surface area contributed by atoms with E-state index in [1.54, 1.807) is 49.5 Å². The quantitative estimate of drug-likeness (QED) is 0.684. The van der Waals surface area contributed by atoms with Crippen molar-refractivity contribution in [1.29, 1.82) is 0 Å². The van der Waals surface area contributed by atoms with Gasteiger partial charge in [-0.25, -0.2) is 0 Å². The maximum atomic E-state index is 13.1. The second-order valence-electron chi connectivity index (χ2n) is 6.34. The number of Topliss-reactive ketones (excluding diaryl/α,β-unsaturated/α-hetero) is 1. The highest BCUT2D eigenvalue weighted by molar-refractivity contribution is 6.51. The molecule has 1 aliphatic heterocycles. The lowest BCUT2D eigenvalue weighted by atomic mass is 9.95. The summed E-state index contributed by atoms with van der Waals surface area (Å²) in [5, 5.41) is 5.52. The van der Waals surface area contributed by atoms with Gasteiger partial charge in [0.25, 0.3) is 11.5 Å². The number of ether oxygens (including phenoxy) is 1. The Morgan fingerprint density at radius 2 is 1.68 bits per heavy atom. The summed E-state index contributed by atoms with van der Waals surface area (Å²) in [6.07, 6.45) is 1.59. The maximum absolute atomic E-state index is 13.1. The van der Waals surface area contributed by atoms with Gasteiger partial charge in [0.2, 0.25) is 5.78 Å². The van der Waals surface area contributed by atoms with Gasteiger partial charge < -0.3 is 9.64 Å². The highest BCUT2D eigenvalue weighted by Gasteiger charge is 2.33. The summed E-state index contributed by atoms with van der Waals surface area (Å²) in [6.45, 7) is 0. The summed E-state index contributed by atoms with van der Waals surface area (Å²) in [4.78, 5) is 39.8. The Morgan fingerprint density at radius 1 is 0.964 bits per heavy atom. The summed E-state index contributed by atoms with van der Waals surface area (Å²) >= 11 is 0. The Bertz CT molecular complexity index is 1280. The van der Waals surface area contributed by atoms with Crippen molar-refractivity contribution in [1.82, 2.24) is 10.2 Å². The summed E-state index contributed by atoms with van der Waals surface area (Å²) in [7, 11) is 3.13. The van der Waals surface area contributed by atoms with Crippen molar-refractivity contribution in [3.63, 3.8) is 0 Å². The lowest BCUT2D eigenvalue weighted by molar-refractivity contribution is -0.113. The fourth-order valence-corrected chi connectivity index (χ4v) is 3.33. The molecule has 1 aromatic heterocycles. The van der Waals surface area contributed by atoms with E-state index in [1.165, 1.54) is 12.0 Å². The normalized spacial score (nSPS) is 16.4. The average molecular weight is 375 g/mol. The number of aromatic nitrogens is 2. The molecule has 2 aromatic carbocycles. The van der Waals surface area contributed by atoms with Crippen LogP contribution in [0.2, 0.25) is 0 Å². The van der Waals surface area contributed by atoms with Gasteiger partial charge in [0.15, 0.2) is 0 Å². The highest BCUT2D eigenvalue weighted by atomic mass is 16.5. The Balaban J connectivity index is 2.05. The van der Waals surface area contributed by atoms with E-state index >= 15 is 0 Å². The van der Waals surface area contributed by atoms with Crippen LogP contribution in [0.5, 0.6) is 5.75 Å². The Hall–Kier alpha value is -3.87. The molecule has 0 saturated carbocycles. The van der Waals surface area contributed by atoms with Gasteiger partial charge >= 0.3 is 0 Å². The van der Waals surface area contributed by atoms with E-state index in [4.69, 9.17) is 4.74 Å². The number of rotatable bonds is 2. The lowest BCUT2D eigenvalue weighted by Crippen LogP contribution is -2.44. The zero-order valence-electron chi connectivity index (χ0n) is 15.3. The molecule has 4 rings (SSSR count). The van der Waals surface area contributed by atoms with Crippen LogP contribution in [-0.2, 0) is 4.79 Å². The third kappa shape index (κ3) is 2.64. The fraction of sp³-hybridized carbons (Fsp3) is 0.0952. The predicted octanol–water partition coefficient (Wildman–Crippen LogP) is 0.550. The number of carbonyl (C=O) groups excluding carboxylic acids is 2. The van der Waals surface area contributed by atoms with Crippen LogP contribution in [-0.4, -0.2) is 36.0 Å². The molecule has 0 radical (unpaired) electrons. The van der Waals surface area contributed by atoms with Gasteiger partial charge in [0.1, 0.15) is 11.3 Å². The first-order valence-electron chi connectivity index (χ1n) is 8.60. The number of aromatic amines is 2. The Labute approximate surface area is 159 Å². The zero-order chi connectivity index (χ0) is 19.8. The molecule has 3 aromatic rings. The summed E-state index contributed by atoms with van der Waals surface area (Å²) < 4.78 is 5.32. The van der Waals surface area contributed by atoms with E-state index in [0.717, 1.165) is 0 Å². The number of carbonyl (C=O) groups is 2. The number of nitrogens with one attached hydrogen (secondary N) is 2. The predicted molar refractivity (Wildman–Crippen MR) is 105 cm³/mol. The molecule has 2 N–H and O–H groups in total. The second-order valence-corrected chi connectivity index (χ2v) is 6.34. The number of hydrogen-bond acceptors (Lipinski definition) is 4. The molecular formula is C21H17N3O4. The second kappa shape index (κ2) is 6.70. The van der Waals surface area contributed by atoms with Crippen LogP contribution in [0.1, 0.15) is 15.9 Å². The fourth-order valence-electron chi connectivity index (χ4n) is 3.33. The largest absolute Gasteiger partial charge is 0.496 e. The molecule has 0 unspecified atom stereocenters. The first-order valence-corrected chi connectivity index (χ1v) is 8.60. The third-order valence-electron chi connectivity index (χ3n) is 4.76. The number of methoxy groups -OCH3 is 1. The Kier molecular flexibility index (Phi) is 4.19. The molecule has 0 spiro atoms. The summed E-state index contributed by atoms with van der Waals surface area (Å²) in [6, 6.07) is 14.0. The van der Waals surface area contributed by atoms with E-state index in [9.17, 15) is 14.4 Å². The summed E-state index contributed by atoms with van der Waals surface area (Å²) in [5.41, 5.74) is 1.08. The lowest BCUT2D eigenvalue weighted by Gasteiger charge is -2.25. The van der Waals surface area contributed by atoms with Crippen LogP contribution in [0, 0.1) is 0 Å². The van der Waals surface area contributed by atoms with Crippen molar-refractivity contribution in [3.8, 4) is 5.75 Å². The average Bonchev–Trinajstić information content (AvgIpc) is 3.07. The van der Waals surface area contributed by atoms with Crippen LogP contribution in [0.15, 0.2) is 53.3 Å². The number of anilines is 1. The molecule has 0 aliphatic carbocycles. The van der Waals surface area contributed by atoms with E-state index in [1.807, 2.05) is 12.1 Å². The van der Waals surface area contributed by atoms with Crippen molar-refractivity contribution in [3.05, 3.63) is 80.6 Å². The number of benzene rings is 2. The topological polar surface area (TPSA) is 95.3 Å². The molecule has 140 valence electrons. The number of nitrogens with zero attached hydrogens (tertiary/aromatic N) is 1. The molecule has 0 fully saturated rings. The third-order valence-corrected chi connectivity index (χ3v) is 4.76. The van der Waals surface area contributed by atoms with Crippen molar-refractivity contribution >= 4 is 29.0 Å². The molecule has 0 bridgehead atoms. The van der Waals surface area contributed by atoms with E-state index in [0.29, 0.717) is 22.6 Å². The molecule has 1 aliphatic rings. The van der Waals surface area contributed by atoms with Crippen molar-refractivity contribution < 1.29 is 14.3 Å². The monoisotopic (exact) mass is 375 g/mol. The molecule has 0 atom stereocenters. The number of fused-ring (bicyclic) bond motifs is 1. The van der Waals surface area contributed by atoms with Crippen LogP contribution in [0.3, 0.4) is 0 Å². The number of amides is 1. The molecule has 2 heterocycles. The van der Waals surface area contributed by atoms with E-state index in [2.05, 4.69) is 10.2 Å². The van der Waals surface area contributed by atoms with E-state index < -0.39 is 17.2 Å². The van der Waals surface area contributed by atoms with Crippen molar-refractivity contribution in [2.75, 3.05) is 19.1 Å². The smallest absolute Gasteiger partial charge is 0.271 e. The zero-order valence-corrected chi connectivity index (χ0v) is 15.3. The van der Waals surface area contributed by atoms with E-state index in [-0.39, 0.29) is 16.1 Å². The van der Waals surface area contributed by atoms with Crippen LogP contribution in [0.25, 0.3) is 11.6 Å². The maximum Gasteiger partial charge on any atom is 0.271 e. The van der Waals surface area contributed by atoms with Crippen molar-refractivity contribution in [2.24, 2.45) is 0 Å². The number of para-hydroxylation sites is 2. The minimum absolute atomic E-state index is 0.0827. The van der Waals surface area contributed by atoms with Crippen molar-refractivity contribution in [2.45, 2.75) is 0 Å². The molecule has 0 saturated heterocycles.